The molecule has 1 aliphatic carbocycles. The fourth-order valence-electron chi connectivity index (χ4n) is 1.84. The highest BCUT2D eigenvalue weighted by Gasteiger charge is 2.13. The fourth-order valence-corrected chi connectivity index (χ4v) is 2.52. The third-order valence-electron chi connectivity index (χ3n) is 2.53. The molecule has 1 unspecified atom stereocenters. The Bertz CT molecular complexity index is 367. The molecule has 0 bridgehead atoms. The quantitative estimate of drug-likeness (QED) is 0.846. The lowest BCUT2D eigenvalue weighted by Gasteiger charge is -2.14. The van der Waals surface area contributed by atoms with E-state index in [0.717, 1.165) is 18.5 Å². The highest BCUT2D eigenvalue weighted by Crippen LogP contribution is 2.14. The van der Waals surface area contributed by atoms with Crippen molar-refractivity contribution in [3.8, 4) is 0 Å². The van der Waals surface area contributed by atoms with E-state index < -0.39 is 0 Å². The topological polar surface area (TPSA) is 29.1 Å². The van der Waals surface area contributed by atoms with Crippen LogP contribution in [-0.2, 0) is 11.2 Å². The maximum absolute atomic E-state index is 11.0. The average molecular weight is 221 g/mol. The van der Waals surface area contributed by atoms with Gasteiger partial charge in [-0.05, 0) is 42.2 Å². The molecule has 1 aliphatic rings. The van der Waals surface area contributed by atoms with Crippen molar-refractivity contribution in [1.29, 1.82) is 0 Å². The van der Waals surface area contributed by atoms with Gasteiger partial charge in [0.25, 0.3) is 0 Å². The number of hydrogen-bond acceptors (Lipinski definition) is 3. The van der Waals surface area contributed by atoms with E-state index in [1.165, 1.54) is 5.56 Å². The molecule has 80 valence electrons. The van der Waals surface area contributed by atoms with Gasteiger partial charge in [0.2, 0.25) is 0 Å². The van der Waals surface area contributed by atoms with Crippen molar-refractivity contribution in [2.75, 3.05) is 0 Å². The molecule has 0 radical (unpaired) electrons. The molecule has 1 N–H and O–H groups in total. The van der Waals surface area contributed by atoms with E-state index in [1.807, 2.05) is 0 Å². The van der Waals surface area contributed by atoms with E-state index in [1.54, 1.807) is 17.4 Å². The Labute approximate surface area is 94.0 Å². The second-order valence-electron chi connectivity index (χ2n) is 4.02. The number of nitrogens with one attached hydrogen (secondary N) is 1. The largest absolute Gasteiger partial charge is 0.385 e. The molecule has 1 aromatic rings. The van der Waals surface area contributed by atoms with Gasteiger partial charge in [0, 0.05) is 24.2 Å². The predicted octanol–water partition coefficient (Wildman–Crippen LogP) is 2.52. The van der Waals surface area contributed by atoms with Gasteiger partial charge >= 0.3 is 0 Å². The van der Waals surface area contributed by atoms with Crippen LogP contribution < -0.4 is 5.32 Å². The summed E-state index contributed by atoms with van der Waals surface area (Å²) in [5, 5.41) is 7.66. The lowest BCUT2D eigenvalue weighted by molar-refractivity contribution is -0.114. The summed E-state index contributed by atoms with van der Waals surface area (Å²) in [5.74, 6) is 0.250. The van der Waals surface area contributed by atoms with Gasteiger partial charge in [-0.2, -0.15) is 11.3 Å². The van der Waals surface area contributed by atoms with E-state index in [4.69, 9.17) is 0 Å². The molecular formula is C12H15NOS. The summed E-state index contributed by atoms with van der Waals surface area (Å²) in [4.78, 5) is 11.0. The lowest BCUT2D eigenvalue weighted by Crippen LogP contribution is -2.26. The minimum absolute atomic E-state index is 0.250. The Morgan fingerprint density at radius 2 is 2.40 bits per heavy atom. The summed E-state index contributed by atoms with van der Waals surface area (Å²) in [6.45, 7) is 2.15. The summed E-state index contributed by atoms with van der Waals surface area (Å²) in [6, 6.07) is 2.55. The van der Waals surface area contributed by atoms with E-state index in [-0.39, 0.29) is 5.78 Å². The Morgan fingerprint density at radius 1 is 1.53 bits per heavy atom. The third kappa shape index (κ3) is 2.93. The van der Waals surface area contributed by atoms with E-state index >= 15 is 0 Å². The average Bonchev–Trinajstić information content (AvgIpc) is 2.77. The second kappa shape index (κ2) is 4.62. The Hall–Kier alpha value is -1.09. The number of thiophene rings is 1. The van der Waals surface area contributed by atoms with E-state index in [2.05, 4.69) is 29.1 Å². The SMILES string of the molecule is CC(Cc1ccsc1)NC1=CC(=O)CC1. The highest BCUT2D eigenvalue weighted by molar-refractivity contribution is 7.07. The Kier molecular flexibility index (Phi) is 3.21. The molecule has 0 saturated heterocycles. The molecule has 3 heteroatoms. The zero-order valence-corrected chi connectivity index (χ0v) is 9.64. The van der Waals surface area contributed by atoms with Crippen LogP contribution in [0.15, 0.2) is 28.6 Å². The second-order valence-corrected chi connectivity index (χ2v) is 4.80. The van der Waals surface area contributed by atoms with Crippen LogP contribution in [0.25, 0.3) is 0 Å². The highest BCUT2D eigenvalue weighted by atomic mass is 32.1. The first-order valence-electron chi connectivity index (χ1n) is 5.25. The van der Waals surface area contributed by atoms with Crippen molar-refractivity contribution >= 4 is 17.1 Å². The monoisotopic (exact) mass is 221 g/mol. The summed E-state index contributed by atoms with van der Waals surface area (Å²) < 4.78 is 0. The molecule has 0 saturated carbocycles. The molecule has 1 aromatic heterocycles. The summed E-state index contributed by atoms with van der Waals surface area (Å²) in [5.41, 5.74) is 2.47. The summed E-state index contributed by atoms with van der Waals surface area (Å²) in [6.07, 6.45) is 4.32. The molecule has 0 amide bonds. The number of hydrogen-bond donors (Lipinski definition) is 1. The number of carbonyl (C=O) groups excluding carboxylic acids is 1. The van der Waals surface area contributed by atoms with Crippen LogP contribution in [0, 0.1) is 0 Å². The van der Waals surface area contributed by atoms with Crippen molar-refractivity contribution in [2.45, 2.75) is 32.2 Å². The van der Waals surface area contributed by atoms with Crippen LogP contribution in [0.1, 0.15) is 25.3 Å². The van der Waals surface area contributed by atoms with Crippen molar-refractivity contribution in [1.82, 2.24) is 5.32 Å². The molecule has 0 aromatic carbocycles. The molecule has 1 heterocycles. The molecule has 2 rings (SSSR count). The number of ketones is 1. The van der Waals surface area contributed by atoms with Crippen LogP contribution >= 0.6 is 11.3 Å². The van der Waals surface area contributed by atoms with Crippen LogP contribution in [-0.4, -0.2) is 11.8 Å². The minimum atomic E-state index is 0.250. The molecular weight excluding hydrogens is 206 g/mol. The van der Waals surface area contributed by atoms with Gasteiger partial charge in [-0.15, -0.1) is 0 Å². The Balaban J connectivity index is 1.85. The summed E-state index contributed by atoms with van der Waals surface area (Å²) in [7, 11) is 0. The molecule has 0 fully saturated rings. The maximum atomic E-state index is 11.0. The molecule has 2 nitrogen and oxygen atoms in total. The van der Waals surface area contributed by atoms with Crippen molar-refractivity contribution in [3.05, 3.63) is 34.2 Å². The lowest BCUT2D eigenvalue weighted by atomic mass is 10.1. The molecule has 15 heavy (non-hydrogen) atoms. The Morgan fingerprint density at radius 3 is 3.00 bits per heavy atom. The predicted molar refractivity (Wildman–Crippen MR) is 62.9 cm³/mol. The number of carbonyl (C=O) groups is 1. The molecule has 0 spiro atoms. The van der Waals surface area contributed by atoms with Crippen LogP contribution in [0.4, 0.5) is 0 Å². The first-order valence-corrected chi connectivity index (χ1v) is 6.19. The maximum Gasteiger partial charge on any atom is 0.157 e. The van der Waals surface area contributed by atoms with Gasteiger partial charge in [-0.3, -0.25) is 4.79 Å². The van der Waals surface area contributed by atoms with Crippen molar-refractivity contribution < 1.29 is 4.79 Å². The first kappa shape index (κ1) is 10.4. The van der Waals surface area contributed by atoms with Gasteiger partial charge in [-0.25, -0.2) is 0 Å². The fraction of sp³-hybridized carbons (Fsp3) is 0.417. The first-order chi connectivity index (χ1) is 7.24. The molecule has 0 aliphatic heterocycles. The van der Waals surface area contributed by atoms with Crippen molar-refractivity contribution in [2.24, 2.45) is 0 Å². The van der Waals surface area contributed by atoms with Gasteiger partial charge in [0.1, 0.15) is 0 Å². The van der Waals surface area contributed by atoms with Gasteiger partial charge in [0.15, 0.2) is 5.78 Å². The smallest absolute Gasteiger partial charge is 0.157 e. The third-order valence-corrected chi connectivity index (χ3v) is 3.26. The van der Waals surface area contributed by atoms with Gasteiger partial charge in [0.05, 0.1) is 0 Å². The van der Waals surface area contributed by atoms with Crippen LogP contribution in [0.3, 0.4) is 0 Å². The van der Waals surface area contributed by atoms with Crippen molar-refractivity contribution in [3.63, 3.8) is 0 Å². The van der Waals surface area contributed by atoms with Gasteiger partial charge in [-0.1, -0.05) is 0 Å². The number of rotatable bonds is 4. The zero-order valence-electron chi connectivity index (χ0n) is 8.82. The standard InChI is InChI=1S/C12H15NOS/c1-9(6-10-4-5-15-8-10)13-11-2-3-12(14)7-11/h4-5,7-9,13H,2-3,6H2,1H3. The molecule has 1 atom stereocenters. The summed E-state index contributed by atoms with van der Waals surface area (Å²) >= 11 is 1.73. The van der Waals surface area contributed by atoms with E-state index in [0.29, 0.717) is 12.5 Å². The zero-order chi connectivity index (χ0) is 10.7. The van der Waals surface area contributed by atoms with Gasteiger partial charge < -0.3 is 5.32 Å². The van der Waals surface area contributed by atoms with Crippen LogP contribution in [0.2, 0.25) is 0 Å². The minimum Gasteiger partial charge on any atom is -0.385 e. The van der Waals surface area contributed by atoms with Crippen LogP contribution in [0.5, 0.6) is 0 Å². The van der Waals surface area contributed by atoms with E-state index in [9.17, 15) is 4.79 Å². The number of allylic oxidation sites excluding steroid dienone is 2. The normalized spacial score (nSPS) is 17.7.